The molecule has 0 unspecified atom stereocenters. The summed E-state index contributed by atoms with van der Waals surface area (Å²) < 4.78 is 41.4. The largest absolute Gasteiger partial charge is 0.398 e. The van der Waals surface area contributed by atoms with E-state index in [1.54, 1.807) is 0 Å². The van der Waals surface area contributed by atoms with Crippen LogP contribution in [0.3, 0.4) is 0 Å². The molecule has 0 atom stereocenters. The quantitative estimate of drug-likeness (QED) is 0.749. The molecule has 0 saturated heterocycles. The third kappa shape index (κ3) is 3.40. The van der Waals surface area contributed by atoms with Crippen LogP contribution in [0.5, 0.6) is 0 Å². The molecule has 0 heterocycles. The van der Waals surface area contributed by atoms with Gasteiger partial charge in [0.05, 0.1) is 0 Å². The highest BCUT2D eigenvalue weighted by molar-refractivity contribution is 9.10. The first-order chi connectivity index (χ1) is 9.88. The maximum Gasteiger partial charge on any atom is 0.243 e. The van der Waals surface area contributed by atoms with Crippen molar-refractivity contribution in [2.75, 3.05) is 12.3 Å². The summed E-state index contributed by atoms with van der Waals surface area (Å²) in [5.74, 6) is 0.883. The molecule has 21 heavy (non-hydrogen) atoms. The molecule has 3 rings (SSSR count). The third-order valence-corrected chi connectivity index (χ3v) is 6.43. The Kier molecular flexibility index (Phi) is 4.00. The smallest absolute Gasteiger partial charge is 0.243 e. The molecule has 0 amide bonds. The summed E-state index contributed by atoms with van der Waals surface area (Å²) in [6, 6.07) is 2.24. The van der Waals surface area contributed by atoms with Crippen LogP contribution in [0.1, 0.15) is 25.7 Å². The zero-order chi connectivity index (χ0) is 15.2. The van der Waals surface area contributed by atoms with Gasteiger partial charge in [-0.25, -0.2) is 17.5 Å². The van der Waals surface area contributed by atoms with Crippen molar-refractivity contribution in [2.24, 2.45) is 17.8 Å². The minimum Gasteiger partial charge on any atom is -0.398 e. The molecular formula is C14H18BrFN2O2S. The van der Waals surface area contributed by atoms with Gasteiger partial charge in [-0.15, -0.1) is 0 Å². The lowest BCUT2D eigenvalue weighted by atomic mass is 9.99. The fourth-order valence-electron chi connectivity index (χ4n) is 2.80. The summed E-state index contributed by atoms with van der Waals surface area (Å²) in [5, 5.41) is 0. The van der Waals surface area contributed by atoms with Gasteiger partial charge in [-0.1, -0.05) is 0 Å². The van der Waals surface area contributed by atoms with E-state index in [4.69, 9.17) is 5.73 Å². The number of benzene rings is 1. The zero-order valence-electron chi connectivity index (χ0n) is 11.5. The van der Waals surface area contributed by atoms with Crippen LogP contribution in [-0.4, -0.2) is 15.0 Å². The number of hydrogen-bond acceptors (Lipinski definition) is 3. The minimum absolute atomic E-state index is 0.206. The van der Waals surface area contributed by atoms with Crippen LogP contribution in [0.15, 0.2) is 21.5 Å². The molecule has 0 radical (unpaired) electrons. The van der Waals surface area contributed by atoms with Crippen LogP contribution >= 0.6 is 15.9 Å². The van der Waals surface area contributed by atoms with Gasteiger partial charge in [0.25, 0.3) is 0 Å². The van der Waals surface area contributed by atoms with Gasteiger partial charge in [0.15, 0.2) is 0 Å². The van der Waals surface area contributed by atoms with E-state index in [9.17, 15) is 12.8 Å². The Morgan fingerprint density at radius 3 is 2.38 bits per heavy atom. The molecule has 0 spiro atoms. The molecule has 1 aromatic rings. The molecule has 3 N–H and O–H groups in total. The Hall–Kier alpha value is -0.660. The van der Waals surface area contributed by atoms with E-state index < -0.39 is 15.8 Å². The summed E-state index contributed by atoms with van der Waals surface area (Å²) in [4.78, 5) is -0.381. The number of halogens is 2. The number of anilines is 1. The third-order valence-electron chi connectivity index (χ3n) is 4.30. The first kappa shape index (κ1) is 15.2. The Morgan fingerprint density at radius 1 is 1.29 bits per heavy atom. The summed E-state index contributed by atoms with van der Waals surface area (Å²) in [7, 11) is -3.86. The van der Waals surface area contributed by atoms with Gasteiger partial charge in [0, 0.05) is 16.7 Å². The van der Waals surface area contributed by atoms with Crippen LogP contribution in [0.2, 0.25) is 0 Å². The van der Waals surface area contributed by atoms with Crippen molar-refractivity contribution >= 4 is 31.6 Å². The number of rotatable bonds is 6. The number of sulfonamides is 1. The highest BCUT2D eigenvalue weighted by atomic mass is 79.9. The maximum absolute atomic E-state index is 13.9. The Balaban J connectivity index is 1.75. The van der Waals surface area contributed by atoms with Gasteiger partial charge < -0.3 is 5.73 Å². The van der Waals surface area contributed by atoms with Gasteiger partial charge in [-0.3, -0.25) is 0 Å². The molecule has 7 heteroatoms. The van der Waals surface area contributed by atoms with Crippen molar-refractivity contribution in [3.8, 4) is 0 Å². The van der Waals surface area contributed by atoms with Crippen LogP contribution in [0, 0.1) is 23.6 Å². The van der Waals surface area contributed by atoms with Crippen molar-refractivity contribution in [3.63, 3.8) is 0 Å². The van der Waals surface area contributed by atoms with Crippen molar-refractivity contribution in [1.29, 1.82) is 0 Å². The number of hydrogen-bond donors (Lipinski definition) is 2. The number of nitrogens with two attached hydrogens (primary N) is 1. The summed E-state index contributed by atoms with van der Waals surface area (Å²) in [6.07, 6.45) is 4.73. The lowest BCUT2D eigenvalue weighted by molar-refractivity contribution is 0.401. The lowest BCUT2D eigenvalue weighted by Crippen LogP contribution is -2.31. The van der Waals surface area contributed by atoms with Gasteiger partial charge in [0.2, 0.25) is 10.0 Å². The summed E-state index contributed by atoms with van der Waals surface area (Å²) in [6.45, 7) is 0.396. The highest BCUT2D eigenvalue weighted by Crippen LogP contribution is 2.48. The molecule has 4 nitrogen and oxygen atoms in total. The fraction of sp³-hybridized carbons (Fsp3) is 0.571. The van der Waals surface area contributed by atoms with Crippen LogP contribution < -0.4 is 10.5 Å². The van der Waals surface area contributed by atoms with Gasteiger partial charge in [-0.05, 0) is 71.5 Å². The van der Waals surface area contributed by atoms with E-state index in [0.717, 1.165) is 12.1 Å². The predicted octanol–water partition coefficient (Wildman–Crippen LogP) is 2.88. The first-order valence-corrected chi connectivity index (χ1v) is 9.40. The SMILES string of the molecule is Nc1cc(S(=O)(=O)NCC(C2CC2)C2CC2)c(F)cc1Br. The molecule has 1 aromatic carbocycles. The van der Waals surface area contributed by atoms with Crippen molar-refractivity contribution in [1.82, 2.24) is 4.72 Å². The lowest BCUT2D eigenvalue weighted by Gasteiger charge is -2.17. The van der Waals surface area contributed by atoms with Gasteiger partial charge in [-0.2, -0.15) is 0 Å². The average molecular weight is 377 g/mol. The molecule has 0 aliphatic heterocycles. The van der Waals surface area contributed by atoms with Crippen LogP contribution in [0.4, 0.5) is 10.1 Å². The fourth-order valence-corrected chi connectivity index (χ4v) is 4.28. The summed E-state index contributed by atoms with van der Waals surface area (Å²) >= 11 is 3.08. The van der Waals surface area contributed by atoms with Gasteiger partial charge >= 0.3 is 0 Å². The van der Waals surface area contributed by atoms with Crippen molar-refractivity contribution in [3.05, 3.63) is 22.4 Å². The summed E-state index contributed by atoms with van der Waals surface area (Å²) in [5.41, 5.74) is 5.86. The van der Waals surface area contributed by atoms with E-state index in [2.05, 4.69) is 20.7 Å². The molecule has 2 aliphatic carbocycles. The van der Waals surface area contributed by atoms with E-state index in [-0.39, 0.29) is 10.6 Å². The molecule has 2 saturated carbocycles. The van der Waals surface area contributed by atoms with Crippen LogP contribution in [-0.2, 0) is 10.0 Å². The van der Waals surface area contributed by atoms with Gasteiger partial charge in [0.1, 0.15) is 10.7 Å². The second-order valence-corrected chi connectivity index (χ2v) is 8.58. The molecule has 0 bridgehead atoms. The zero-order valence-corrected chi connectivity index (χ0v) is 13.9. The van der Waals surface area contributed by atoms with E-state index in [1.807, 2.05) is 0 Å². The highest BCUT2D eigenvalue weighted by Gasteiger charge is 2.41. The van der Waals surface area contributed by atoms with E-state index >= 15 is 0 Å². The number of nitrogen functional groups attached to an aromatic ring is 1. The Bertz CT molecular complexity index is 645. The second-order valence-electron chi connectivity index (χ2n) is 5.99. The maximum atomic E-state index is 13.9. The molecule has 116 valence electrons. The minimum atomic E-state index is -3.86. The Morgan fingerprint density at radius 2 is 1.86 bits per heavy atom. The van der Waals surface area contributed by atoms with Crippen molar-refractivity contribution in [2.45, 2.75) is 30.6 Å². The van der Waals surface area contributed by atoms with Crippen molar-refractivity contribution < 1.29 is 12.8 Å². The molecule has 0 aromatic heterocycles. The monoisotopic (exact) mass is 376 g/mol. The predicted molar refractivity (Wildman–Crippen MR) is 82.6 cm³/mol. The first-order valence-electron chi connectivity index (χ1n) is 7.12. The standard InChI is InChI=1S/C14H18BrFN2O2S/c15-11-5-12(16)14(6-13(11)17)21(19,20)18-7-10(8-1-2-8)9-3-4-9/h5-6,8-10,18H,1-4,7,17H2. The molecule has 2 aliphatic rings. The second kappa shape index (κ2) is 5.52. The molecule has 2 fully saturated rings. The number of nitrogens with one attached hydrogen (secondary N) is 1. The average Bonchev–Trinajstić information content (AvgIpc) is 3.25. The normalized spacial score (nSPS) is 19.2. The Labute approximate surface area is 132 Å². The van der Waals surface area contributed by atoms with Crippen LogP contribution in [0.25, 0.3) is 0 Å². The van der Waals surface area contributed by atoms with E-state index in [0.29, 0.717) is 28.8 Å². The molecular weight excluding hydrogens is 359 g/mol. The topological polar surface area (TPSA) is 72.2 Å². The van der Waals surface area contributed by atoms with E-state index in [1.165, 1.54) is 25.7 Å².